The van der Waals surface area contributed by atoms with Gasteiger partial charge in [0.15, 0.2) is 5.84 Å². The van der Waals surface area contributed by atoms with Gasteiger partial charge in [-0.3, -0.25) is 4.79 Å². The molecule has 0 bridgehead atoms. The second-order valence-electron chi connectivity index (χ2n) is 5.22. The minimum Gasteiger partial charge on any atom is -0.409 e. The van der Waals surface area contributed by atoms with Gasteiger partial charge in [-0.05, 0) is 33.4 Å². The van der Waals surface area contributed by atoms with Crippen LogP contribution in [0.1, 0.15) is 19.3 Å². The summed E-state index contributed by atoms with van der Waals surface area (Å²) in [4.78, 5) is 16.3. The van der Waals surface area contributed by atoms with E-state index in [4.69, 9.17) is 10.9 Å². The SMILES string of the molecule is CN(C)C1CCN(C(=O)C2(C(N)=NO)CC2)C1. The lowest BCUT2D eigenvalue weighted by Crippen LogP contribution is -2.43. The zero-order valence-corrected chi connectivity index (χ0v) is 10.4. The van der Waals surface area contributed by atoms with E-state index in [-0.39, 0.29) is 11.7 Å². The Morgan fingerprint density at radius 3 is 2.59 bits per heavy atom. The van der Waals surface area contributed by atoms with Crippen LogP contribution in [0.5, 0.6) is 0 Å². The second-order valence-corrected chi connectivity index (χ2v) is 5.22. The van der Waals surface area contributed by atoms with Crippen LogP contribution < -0.4 is 5.73 Å². The van der Waals surface area contributed by atoms with Crippen LogP contribution in [0.3, 0.4) is 0 Å². The number of hydrogen-bond acceptors (Lipinski definition) is 4. The highest BCUT2D eigenvalue weighted by Gasteiger charge is 2.56. The fraction of sp³-hybridized carbons (Fsp3) is 0.818. The first-order chi connectivity index (χ1) is 8.01. The van der Waals surface area contributed by atoms with E-state index in [1.54, 1.807) is 0 Å². The summed E-state index contributed by atoms with van der Waals surface area (Å²) >= 11 is 0. The summed E-state index contributed by atoms with van der Waals surface area (Å²) in [5.41, 5.74) is 4.92. The summed E-state index contributed by atoms with van der Waals surface area (Å²) in [7, 11) is 4.05. The average molecular weight is 240 g/mol. The molecule has 1 amide bonds. The molecule has 6 nitrogen and oxygen atoms in total. The standard InChI is InChI=1S/C11H20N4O2/c1-14(2)8-3-6-15(7-8)10(16)11(4-5-11)9(12)13-17/h8,17H,3-7H2,1-2H3,(H2,12,13). The summed E-state index contributed by atoms with van der Waals surface area (Å²) in [6, 6.07) is 0.419. The third kappa shape index (κ3) is 1.97. The second kappa shape index (κ2) is 4.18. The maximum Gasteiger partial charge on any atom is 0.236 e. The van der Waals surface area contributed by atoms with Crippen LogP contribution in [-0.4, -0.2) is 60.0 Å². The van der Waals surface area contributed by atoms with E-state index in [0.29, 0.717) is 18.9 Å². The summed E-state index contributed by atoms with van der Waals surface area (Å²) in [5.74, 6) is 0.0907. The molecule has 0 radical (unpaired) electrons. The van der Waals surface area contributed by atoms with Crippen molar-refractivity contribution >= 4 is 11.7 Å². The number of carbonyl (C=O) groups excluding carboxylic acids is 1. The summed E-state index contributed by atoms with van der Waals surface area (Å²) in [6.45, 7) is 1.51. The van der Waals surface area contributed by atoms with Crippen LogP contribution in [-0.2, 0) is 4.79 Å². The first kappa shape index (κ1) is 12.2. The van der Waals surface area contributed by atoms with Crippen LogP contribution >= 0.6 is 0 Å². The Morgan fingerprint density at radius 1 is 1.53 bits per heavy atom. The van der Waals surface area contributed by atoms with Crippen molar-refractivity contribution in [2.75, 3.05) is 27.2 Å². The van der Waals surface area contributed by atoms with Crippen LogP contribution in [0.15, 0.2) is 5.16 Å². The fourth-order valence-electron chi connectivity index (χ4n) is 2.45. The quantitative estimate of drug-likeness (QED) is 0.306. The number of likely N-dealkylation sites (tertiary alicyclic amines) is 1. The van der Waals surface area contributed by atoms with Gasteiger partial charge in [0.2, 0.25) is 5.91 Å². The van der Waals surface area contributed by atoms with Crippen molar-refractivity contribution in [1.82, 2.24) is 9.80 Å². The van der Waals surface area contributed by atoms with Gasteiger partial charge in [-0.1, -0.05) is 5.16 Å². The third-order valence-electron chi connectivity index (χ3n) is 3.94. The summed E-state index contributed by atoms with van der Waals surface area (Å²) < 4.78 is 0. The lowest BCUT2D eigenvalue weighted by Gasteiger charge is -2.23. The van der Waals surface area contributed by atoms with Gasteiger partial charge in [0.1, 0.15) is 5.41 Å². The van der Waals surface area contributed by atoms with E-state index in [0.717, 1.165) is 19.5 Å². The largest absolute Gasteiger partial charge is 0.409 e. The smallest absolute Gasteiger partial charge is 0.236 e. The molecule has 0 aromatic carbocycles. The van der Waals surface area contributed by atoms with Gasteiger partial charge in [-0.2, -0.15) is 0 Å². The van der Waals surface area contributed by atoms with Crippen LogP contribution in [0, 0.1) is 5.41 Å². The topological polar surface area (TPSA) is 82.2 Å². The molecule has 6 heteroatoms. The molecule has 1 saturated carbocycles. The zero-order valence-electron chi connectivity index (χ0n) is 10.4. The molecule has 1 atom stereocenters. The van der Waals surface area contributed by atoms with Gasteiger partial charge in [-0.15, -0.1) is 0 Å². The molecule has 0 aromatic heterocycles. The van der Waals surface area contributed by atoms with E-state index in [9.17, 15) is 4.79 Å². The van der Waals surface area contributed by atoms with Crippen molar-refractivity contribution < 1.29 is 10.0 Å². The van der Waals surface area contributed by atoms with Crippen molar-refractivity contribution in [3.05, 3.63) is 0 Å². The van der Waals surface area contributed by atoms with E-state index in [1.807, 2.05) is 19.0 Å². The van der Waals surface area contributed by atoms with Gasteiger partial charge in [-0.25, -0.2) is 0 Å². The van der Waals surface area contributed by atoms with Crippen LogP contribution in [0.25, 0.3) is 0 Å². The molecular weight excluding hydrogens is 220 g/mol. The number of likely N-dealkylation sites (N-methyl/N-ethyl adjacent to an activating group) is 1. The molecule has 0 aromatic rings. The molecule has 1 aliphatic heterocycles. The third-order valence-corrected chi connectivity index (χ3v) is 3.94. The average Bonchev–Trinajstić information content (AvgIpc) is 2.97. The van der Waals surface area contributed by atoms with E-state index >= 15 is 0 Å². The molecule has 2 fully saturated rings. The number of rotatable bonds is 3. The van der Waals surface area contributed by atoms with Gasteiger partial charge in [0.25, 0.3) is 0 Å². The van der Waals surface area contributed by atoms with Crippen LogP contribution in [0.4, 0.5) is 0 Å². The van der Waals surface area contributed by atoms with E-state index in [1.165, 1.54) is 0 Å². The highest BCUT2D eigenvalue weighted by molar-refractivity contribution is 6.09. The molecule has 2 rings (SSSR count). The minimum absolute atomic E-state index is 0.0251. The Balaban J connectivity index is 2.03. The number of oxime groups is 1. The number of carbonyl (C=O) groups is 1. The predicted octanol–water partition coefficient (Wildman–Crippen LogP) is -0.324. The normalized spacial score (nSPS) is 27.6. The highest BCUT2D eigenvalue weighted by atomic mass is 16.4. The van der Waals surface area contributed by atoms with Crippen molar-refractivity contribution in [1.29, 1.82) is 0 Å². The van der Waals surface area contributed by atoms with E-state index in [2.05, 4.69) is 10.1 Å². The van der Waals surface area contributed by atoms with Crippen molar-refractivity contribution in [2.45, 2.75) is 25.3 Å². The highest BCUT2D eigenvalue weighted by Crippen LogP contribution is 2.47. The molecule has 1 aliphatic carbocycles. The van der Waals surface area contributed by atoms with Crippen molar-refractivity contribution in [2.24, 2.45) is 16.3 Å². The lowest BCUT2D eigenvalue weighted by atomic mass is 10.0. The molecule has 2 aliphatic rings. The first-order valence-corrected chi connectivity index (χ1v) is 5.95. The maximum absolute atomic E-state index is 12.3. The molecule has 3 N–H and O–H groups in total. The zero-order chi connectivity index (χ0) is 12.6. The molecular formula is C11H20N4O2. The van der Waals surface area contributed by atoms with Gasteiger partial charge in [0.05, 0.1) is 0 Å². The number of hydrogen-bond donors (Lipinski definition) is 2. The minimum atomic E-state index is -0.698. The monoisotopic (exact) mass is 240 g/mol. The van der Waals surface area contributed by atoms with E-state index < -0.39 is 5.41 Å². The Morgan fingerprint density at radius 2 is 2.18 bits per heavy atom. The van der Waals surface area contributed by atoms with Crippen molar-refractivity contribution in [3.63, 3.8) is 0 Å². The van der Waals surface area contributed by atoms with Crippen LogP contribution in [0.2, 0.25) is 0 Å². The molecule has 17 heavy (non-hydrogen) atoms. The van der Waals surface area contributed by atoms with Crippen molar-refractivity contribution in [3.8, 4) is 0 Å². The Bertz CT molecular complexity index is 349. The fourth-order valence-corrected chi connectivity index (χ4v) is 2.45. The molecule has 1 heterocycles. The number of nitrogens with zero attached hydrogens (tertiary/aromatic N) is 3. The van der Waals surface area contributed by atoms with Gasteiger partial charge < -0.3 is 20.7 Å². The molecule has 0 spiro atoms. The summed E-state index contributed by atoms with van der Waals surface area (Å²) in [5, 5.41) is 11.7. The molecule has 96 valence electrons. The Kier molecular flexibility index (Phi) is 2.99. The van der Waals surface area contributed by atoms with Gasteiger partial charge >= 0.3 is 0 Å². The predicted molar refractivity (Wildman–Crippen MR) is 63.7 cm³/mol. The number of amidine groups is 1. The lowest BCUT2D eigenvalue weighted by molar-refractivity contribution is -0.133. The maximum atomic E-state index is 12.3. The summed E-state index contributed by atoms with van der Waals surface area (Å²) in [6.07, 6.45) is 2.39. The Labute approximate surface area is 101 Å². The molecule has 1 saturated heterocycles. The van der Waals surface area contributed by atoms with Gasteiger partial charge in [0, 0.05) is 19.1 Å². The number of amides is 1. The number of nitrogens with two attached hydrogens (primary N) is 1. The first-order valence-electron chi connectivity index (χ1n) is 5.95. The Hall–Kier alpha value is -1.30. The molecule has 1 unspecified atom stereocenters.